The van der Waals surface area contributed by atoms with E-state index in [0.717, 1.165) is 29.7 Å². The standard InChI is InChI=1S/C27H26F4N2O5/c1-17(34)22-24(37-15-18-8-3-2-4-9-18)23(35)21(25(36)38-31)32-33(22)16-26(12-5-6-13-26)19-10-7-11-20(14-19)27(28,29)30/h2-4,7-11,14,17,34H,5-6,12-13,15-16H2,1H3. The Hall–Kier alpha value is -3.73. The first kappa shape index (κ1) is 27.3. The van der Waals surface area contributed by atoms with Crippen LogP contribution in [0, 0.1) is 0 Å². The predicted octanol–water partition coefficient (Wildman–Crippen LogP) is 5.45. The maximum Gasteiger partial charge on any atom is 0.416 e. The first-order valence-corrected chi connectivity index (χ1v) is 12.1. The summed E-state index contributed by atoms with van der Waals surface area (Å²) in [5.41, 5.74) is -2.65. The fraction of sp³-hybridized carbons (Fsp3) is 0.370. The van der Waals surface area contributed by atoms with E-state index in [9.17, 15) is 32.4 Å². The molecule has 1 unspecified atom stereocenters. The number of hydrogen-bond donors (Lipinski definition) is 1. The van der Waals surface area contributed by atoms with Crippen LogP contribution in [0.25, 0.3) is 0 Å². The maximum atomic E-state index is 13.5. The Morgan fingerprint density at radius 3 is 2.42 bits per heavy atom. The zero-order chi connectivity index (χ0) is 27.5. The van der Waals surface area contributed by atoms with E-state index in [2.05, 4.69) is 10.0 Å². The van der Waals surface area contributed by atoms with Gasteiger partial charge in [0.05, 0.1) is 18.2 Å². The van der Waals surface area contributed by atoms with Crippen LogP contribution in [0.4, 0.5) is 17.7 Å². The summed E-state index contributed by atoms with van der Waals surface area (Å²) in [4.78, 5) is 28.5. The number of ether oxygens (including phenoxy) is 1. The predicted molar refractivity (Wildman–Crippen MR) is 128 cm³/mol. The Morgan fingerprint density at radius 1 is 1.13 bits per heavy atom. The molecule has 0 saturated heterocycles. The fourth-order valence-electron chi connectivity index (χ4n) is 5.03. The molecule has 0 spiro atoms. The minimum absolute atomic E-state index is 0.0837. The largest absolute Gasteiger partial charge is 0.483 e. The third-order valence-electron chi connectivity index (χ3n) is 6.85. The monoisotopic (exact) mass is 534 g/mol. The van der Waals surface area contributed by atoms with Gasteiger partial charge in [0, 0.05) is 9.94 Å². The molecule has 1 aliphatic rings. The molecule has 1 aliphatic carbocycles. The number of aliphatic hydroxyl groups excluding tert-OH is 1. The van der Waals surface area contributed by atoms with Crippen LogP contribution in [-0.2, 0) is 29.7 Å². The molecule has 7 nitrogen and oxygen atoms in total. The number of alkyl halides is 3. The minimum Gasteiger partial charge on any atom is -0.483 e. The lowest BCUT2D eigenvalue weighted by Gasteiger charge is -2.32. The number of hydrogen-bond acceptors (Lipinski definition) is 6. The number of nitrogens with zero attached hydrogens (tertiary/aromatic N) is 2. The Kier molecular flexibility index (Phi) is 7.86. The van der Waals surface area contributed by atoms with Crippen molar-refractivity contribution < 1.29 is 37.3 Å². The molecule has 202 valence electrons. The molecule has 3 aromatic rings. The second kappa shape index (κ2) is 10.9. The van der Waals surface area contributed by atoms with Gasteiger partial charge in [-0.1, -0.05) is 61.4 Å². The van der Waals surface area contributed by atoms with E-state index in [1.54, 1.807) is 36.4 Å². The van der Waals surface area contributed by atoms with Crippen LogP contribution in [0.3, 0.4) is 0 Å². The van der Waals surface area contributed by atoms with Crippen molar-refractivity contribution in [1.29, 1.82) is 0 Å². The normalized spacial score (nSPS) is 15.7. The average Bonchev–Trinajstić information content (AvgIpc) is 3.37. The maximum absolute atomic E-state index is 13.5. The topological polar surface area (TPSA) is 90.7 Å². The number of rotatable bonds is 8. The van der Waals surface area contributed by atoms with Crippen LogP contribution in [0.2, 0.25) is 0 Å². The van der Waals surface area contributed by atoms with Gasteiger partial charge >= 0.3 is 12.1 Å². The number of aromatic nitrogens is 2. The summed E-state index contributed by atoms with van der Waals surface area (Å²) in [6.45, 7) is 1.16. The van der Waals surface area contributed by atoms with Crippen molar-refractivity contribution in [2.45, 2.75) is 63.5 Å². The molecule has 0 aliphatic heterocycles. The SMILES string of the molecule is CC(O)c1c(OCc2ccccc2)c(=O)c(C(=O)OF)nn1CC1(c2cccc(C(F)(F)F)c2)CCCC1. The van der Waals surface area contributed by atoms with Gasteiger partial charge in [-0.05, 0) is 37.0 Å². The molecule has 1 atom stereocenters. The van der Waals surface area contributed by atoms with E-state index in [0.29, 0.717) is 24.0 Å². The summed E-state index contributed by atoms with van der Waals surface area (Å²) >= 11 is 0. The van der Waals surface area contributed by atoms with Crippen LogP contribution in [-0.4, -0.2) is 20.9 Å². The number of carbonyl (C=O) groups is 1. The molecule has 11 heteroatoms. The van der Waals surface area contributed by atoms with Gasteiger partial charge in [-0.15, -0.1) is 0 Å². The number of carbonyl (C=O) groups excluding carboxylic acids is 1. The quantitative estimate of drug-likeness (QED) is 0.387. The van der Waals surface area contributed by atoms with Crippen molar-refractivity contribution in [3.8, 4) is 5.75 Å². The highest BCUT2D eigenvalue weighted by atomic mass is 19.4. The highest BCUT2D eigenvalue weighted by Gasteiger charge is 2.40. The van der Waals surface area contributed by atoms with E-state index < -0.39 is 46.1 Å². The van der Waals surface area contributed by atoms with E-state index in [-0.39, 0.29) is 18.8 Å². The third-order valence-corrected chi connectivity index (χ3v) is 6.85. The van der Waals surface area contributed by atoms with Crippen molar-refractivity contribution >= 4 is 5.97 Å². The lowest BCUT2D eigenvalue weighted by Crippen LogP contribution is -2.35. The lowest BCUT2D eigenvalue weighted by atomic mass is 9.78. The summed E-state index contributed by atoms with van der Waals surface area (Å²) in [6, 6.07) is 13.7. The Labute approximate surface area is 215 Å². The second-order valence-electron chi connectivity index (χ2n) is 9.43. The second-order valence-corrected chi connectivity index (χ2v) is 9.43. The molecule has 38 heavy (non-hydrogen) atoms. The van der Waals surface area contributed by atoms with Crippen molar-refractivity contribution in [2.75, 3.05) is 0 Å². The molecular weight excluding hydrogens is 508 g/mol. The van der Waals surface area contributed by atoms with Crippen molar-refractivity contribution in [2.24, 2.45) is 0 Å². The van der Waals surface area contributed by atoms with Gasteiger partial charge in [-0.25, -0.2) is 9.74 Å². The van der Waals surface area contributed by atoms with Crippen LogP contribution in [0.5, 0.6) is 5.75 Å². The Morgan fingerprint density at radius 2 is 1.82 bits per heavy atom. The molecule has 2 aromatic carbocycles. The molecular formula is C27H26F4N2O5. The lowest BCUT2D eigenvalue weighted by molar-refractivity contribution is -0.137. The van der Waals surface area contributed by atoms with Gasteiger partial charge in [0.25, 0.3) is 5.43 Å². The minimum atomic E-state index is -4.55. The van der Waals surface area contributed by atoms with Crippen molar-refractivity contribution in [3.05, 3.63) is 92.9 Å². The molecule has 0 bridgehead atoms. The first-order valence-electron chi connectivity index (χ1n) is 12.1. The molecule has 1 saturated carbocycles. The molecule has 1 aromatic heterocycles. The zero-order valence-electron chi connectivity index (χ0n) is 20.5. The van der Waals surface area contributed by atoms with Gasteiger partial charge in [0.1, 0.15) is 12.3 Å². The molecule has 0 radical (unpaired) electrons. The van der Waals surface area contributed by atoms with Crippen LogP contribution in [0.1, 0.15) is 71.6 Å². The highest BCUT2D eigenvalue weighted by molar-refractivity contribution is 5.86. The molecule has 4 rings (SSSR count). The van der Waals surface area contributed by atoms with E-state index in [1.165, 1.54) is 13.0 Å². The van der Waals surface area contributed by atoms with Gasteiger partial charge in [0.2, 0.25) is 5.69 Å². The van der Waals surface area contributed by atoms with Gasteiger partial charge in [-0.3, -0.25) is 9.48 Å². The van der Waals surface area contributed by atoms with Crippen LogP contribution >= 0.6 is 0 Å². The number of halogens is 4. The highest BCUT2D eigenvalue weighted by Crippen LogP contribution is 2.44. The number of benzene rings is 2. The van der Waals surface area contributed by atoms with Gasteiger partial charge in [-0.2, -0.15) is 18.3 Å². The van der Waals surface area contributed by atoms with Crippen LogP contribution < -0.4 is 10.2 Å². The van der Waals surface area contributed by atoms with E-state index in [1.807, 2.05) is 0 Å². The molecule has 1 fully saturated rings. The van der Waals surface area contributed by atoms with Crippen LogP contribution in [0.15, 0.2) is 59.4 Å². The number of aliphatic hydroxyl groups is 1. The molecule has 1 heterocycles. The molecule has 0 amide bonds. The zero-order valence-corrected chi connectivity index (χ0v) is 20.5. The van der Waals surface area contributed by atoms with Gasteiger partial charge in [0.15, 0.2) is 5.75 Å². The first-order chi connectivity index (χ1) is 18.1. The smallest absolute Gasteiger partial charge is 0.416 e. The summed E-state index contributed by atoms with van der Waals surface area (Å²) in [6.07, 6.45) is -3.45. The Balaban J connectivity index is 1.85. The van der Waals surface area contributed by atoms with Gasteiger partial charge < -0.3 is 9.84 Å². The van der Waals surface area contributed by atoms with E-state index >= 15 is 0 Å². The summed E-state index contributed by atoms with van der Waals surface area (Å²) < 4.78 is 60.3. The Bertz CT molecular complexity index is 1350. The fourth-order valence-corrected chi connectivity index (χ4v) is 5.03. The third kappa shape index (κ3) is 5.57. The summed E-state index contributed by atoms with van der Waals surface area (Å²) in [5, 5.41) is 14.7. The van der Waals surface area contributed by atoms with Crippen molar-refractivity contribution in [1.82, 2.24) is 9.78 Å². The van der Waals surface area contributed by atoms with E-state index in [4.69, 9.17) is 4.74 Å². The summed E-state index contributed by atoms with van der Waals surface area (Å²) in [7, 11) is 0. The average molecular weight is 535 g/mol. The van der Waals surface area contributed by atoms with Crippen molar-refractivity contribution in [3.63, 3.8) is 0 Å². The summed E-state index contributed by atoms with van der Waals surface area (Å²) in [5.74, 6) is -2.07. The molecule has 1 N–H and O–H groups in total.